The van der Waals surface area contributed by atoms with Gasteiger partial charge in [-0.1, -0.05) is 117 Å². The maximum Gasteiger partial charge on any atom is 0.140 e. The zero-order chi connectivity index (χ0) is 32.8. The number of aryl methyl sites for hydroxylation is 1. The van der Waals surface area contributed by atoms with Crippen molar-refractivity contribution in [3.05, 3.63) is 156 Å². The molecule has 0 amide bonds. The van der Waals surface area contributed by atoms with E-state index in [-0.39, 0.29) is 0 Å². The first kappa shape index (κ1) is 29.8. The molecular formula is C45H37FN2. The molecule has 1 atom stereocenters. The highest BCUT2D eigenvalue weighted by Gasteiger charge is 2.23. The zero-order valence-electron chi connectivity index (χ0n) is 27.4. The maximum atomic E-state index is 15.2. The Morgan fingerprint density at radius 2 is 1.40 bits per heavy atom. The largest absolute Gasteiger partial charge is 0.327 e. The lowest BCUT2D eigenvalue weighted by Gasteiger charge is -2.15. The summed E-state index contributed by atoms with van der Waals surface area (Å²) >= 11 is 0. The van der Waals surface area contributed by atoms with Gasteiger partial charge in [0.15, 0.2) is 0 Å². The van der Waals surface area contributed by atoms with Crippen LogP contribution in [0.5, 0.6) is 0 Å². The van der Waals surface area contributed by atoms with Crippen molar-refractivity contribution in [1.29, 1.82) is 0 Å². The molecule has 1 aliphatic carbocycles. The van der Waals surface area contributed by atoms with Crippen LogP contribution in [-0.2, 0) is 7.05 Å². The molecule has 1 heterocycles. The minimum Gasteiger partial charge on any atom is -0.327 e. The molecule has 1 aromatic heterocycles. The molecule has 2 nitrogen and oxygen atoms in total. The summed E-state index contributed by atoms with van der Waals surface area (Å²) in [6.07, 6.45) is 3.13. The average Bonchev–Trinajstić information content (AvgIpc) is 3.40. The van der Waals surface area contributed by atoms with E-state index in [0.717, 1.165) is 68.6 Å². The Bertz CT molecular complexity index is 2360. The number of fused-ring (bicyclic) bond motifs is 3. The van der Waals surface area contributed by atoms with Gasteiger partial charge in [0, 0.05) is 12.6 Å². The predicted molar refractivity (Wildman–Crippen MR) is 201 cm³/mol. The van der Waals surface area contributed by atoms with E-state index >= 15 is 4.39 Å². The normalized spacial score (nSPS) is 14.7. The first-order chi connectivity index (χ1) is 23.5. The highest BCUT2D eigenvalue weighted by molar-refractivity contribution is 5.97. The van der Waals surface area contributed by atoms with Crippen molar-refractivity contribution in [1.82, 2.24) is 9.55 Å². The Morgan fingerprint density at radius 1 is 0.750 bits per heavy atom. The number of benzene rings is 6. The topological polar surface area (TPSA) is 17.8 Å². The van der Waals surface area contributed by atoms with Gasteiger partial charge in [-0.05, 0) is 116 Å². The Morgan fingerprint density at radius 3 is 2.15 bits per heavy atom. The number of rotatable bonds is 6. The Hall–Kier alpha value is -5.54. The van der Waals surface area contributed by atoms with Gasteiger partial charge < -0.3 is 4.57 Å². The van der Waals surface area contributed by atoms with Crippen molar-refractivity contribution in [2.75, 3.05) is 0 Å². The summed E-state index contributed by atoms with van der Waals surface area (Å²) in [5.41, 5.74) is 14.5. The third kappa shape index (κ3) is 5.16. The Balaban J connectivity index is 1.13. The molecule has 7 aromatic rings. The fraction of sp³-hybridized carbons (Fsp3) is 0.133. The molecule has 234 valence electrons. The zero-order valence-corrected chi connectivity index (χ0v) is 27.4. The Labute approximate surface area is 281 Å². The van der Waals surface area contributed by atoms with Crippen LogP contribution in [0.15, 0.2) is 134 Å². The second-order valence-corrected chi connectivity index (χ2v) is 12.7. The second kappa shape index (κ2) is 12.2. The maximum absolute atomic E-state index is 15.2. The van der Waals surface area contributed by atoms with Crippen LogP contribution in [0.4, 0.5) is 4.39 Å². The van der Waals surface area contributed by atoms with Crippen molar-refractivity contribution in [2.24, 2.45) is 7.05 Å². The third-order valence-electron chi connectivity index (χ3n) is 10.0. The van der Waals surface area contributed by atoms with Crippen LogP contribution in [0.2, 0.25) is 0 Å². The monoisotopic (exact) mass is 624 g/mol. The number of hydrogen-bond acceptors (Lipinski definition) is 1. The third-order valence-corrected chi connectivity index (χ3v) is 10.0. The van der Waals surface area contributed by atoms with Crippen LogP contribution in [0.3, 0.4) is 0 Å². The SMILES string of the molecule is C=Cc1cc(-c2ccc(C3=C(CC)c4ccccc4C(F)CC3)cc2)cc2cc(-c3ccc(-c4nc5ccccc5n4C)cc3)ccc12. The van der Waals surface area contributed by atoms with Crippen LogP contribution < -0.4 is 0 Å². The molecule has 1 unspecified atom stereocenters. The number of nitrogens with zero attached hydrogens (tertiary/aromatic N) is 2. The van der Waals surface area contributed by atoms with E-state index in [4.69, 9.17) is 4.98 Å². The molecule has 48 heavy (non-hydrogen) atoms. The number of aromatic nitrogens is 2. The molecule has 0 spiro atoms. The quantitative estimate of drug-likeness (QED) is 0.180. The van der Waals surface area contributed by atoms with Gasteiger partial charge in [0.1, 0.15) is 12.0 Å². The van der Waals surface area contributed by atoms with Gasteiger partial charge in [-0.25, -0.2) is 9.37 Å². The molecule has 6 aromatic carbocycles. The average molecular weight is 625 g/mol. The van der Waals surface area contributed by atoms with Crippen LogP contribution in [0, 0.1) is 0 Å². The number of alkyl halides is 1. The fourth-order valence-corrected chi connectivity index (χ4v) is 7.50. The molecule has 0 saturated carbocycles. The molecular weight excluding hydrogens is 588 g/mol. The summed E-state index contributed by atoms with van der Waals surface area (Å²) in [5.74, 6) is 0.963. The lowest BCUT2D eigenvalue weighted by atomic mass is 9.89. The lowest BCUT2D eigenvalue weighted by molar-refractivity contribution is 0.328. The first-order valence-corrected chi connectivity index (χ1v) is 16.8. The first-order valence-electron chi connectivity index (χ1n) is 16.8. The second-order valence-electron chi connectivity index (χ2n) is 12.7. The lowest BCUT2D eigenvalue weighted by Crippen LogP contribution is -1.94. The van der Waals surface area contributed by atoms with Gasteiger partial charge in [-0.3, -0.25) is 0 Å². The van der Waals surface area contributed by atoms with E-state index in [0.29, 0.717) is 6.42 Å². The van der Waals surface area contributed by atoms with E-state index in [2.05, 4.69) is 128 Å². The highest BCUT2D eigenvalue weighted by atomic mass is 19.1. The van der Waals surface area contributed by atoms with Crippen LogP contribution in [-0.4, -0.2) is 9.55 Å². The van der Waals surface area contributed by atoms with Gasteiger partial charge in [-0.15, -0.1) is 0 Å². The van der Waals surface area contributed by atoms with Gasteiger partial charge in [0.05, 0.1) is 11.0 Å². The summed E-state index contributed by atoms with van der Waals surface area (Å²) in [6.45, 7) is 6.32. The fourth-order valence-electron chi connectivity index (χ4n) is 7.50. The van der Waals surface area contributed by atoms with Gasteiger partial charge in [-0.2, -0.15) is 0 Å². The van der Waals surface area contributed by atoms with Gasteiger partial charge in [0.2, 0.25) is 0 Å². The molecule has 8 rings (SSSR count). The molecule has 0 saturated heterocycles. The number of imidazole rings is 1. The molecule has 0 aliphatic heterocycles. The van der Waals surface area contributed by atoms with E-state index in [1.807, 2.05) is 30.3 Å². The molecule has 0 N–H and O–H groups in total. The molecule has 0 fully saturated rings. The molecule has 0 bridgehead atoms. The number of allylic oxidation sites excluding steroid dienone is 2. The number of para-hydroxylation sites is 2. The van der Waals surface area contributed by atoms with Crippen LogP contribution >= 0.6 is 0 Å². The van der Waals surface area contributed by atoms with Gasteiger partial charge in [0.25, 0.3) is 0 Å². The smallest absolute Gasteiger partial charge is 0.140 e. The van der Waals surface area contributed by atoms with E-state index < -0.39 is 6.17 Å². The molecule has 0 radical (unpaired) electrons. The van der Waals surface area contributed by atoms with Crippen molar-refractivity contribution in [3.8, 4) is 33.6 Å². The van der Waals surface area contributed by atoms with Crippen LogP contribution in [0.1, 0.15) is 54.6 Å². The van der Waals surface area contributed by atoms with E-state index in [9.17, 15) is 0 Å². The summed E-state index contributed by atoms with van der Waals surface area (Å²) in [6, 6.07) is 44.9. The van der Waals surface area contributed by atoms with E-state index in [1.165, 1.54) is 33.0 Å². The van der Waals surface area contributed by atoms with E-state index in [1.54, 1.807) is 0 Å². The van der Waals surface area contributed by atoms with Crippen molar-refractivity contribution >= 4 is 39.0 Å². The predicted octanol–water partition coefficient (Wildman–Crippen LogP) is 12.5. The summed E-state index contributed by atoms with van der Waals surface area (Å²) in [7, 11) is 2.07. The molecule has 3 heteroatoms. The molecule has 1 aliphatic rings. The van der Waals surface area contributed by atoms with Gasteiger partial charge >= 0.3 is 0 Å². The minimum absolute atomic E-state index is 0.510. The standard InChI is InChI=1S/C45H37FN2/c1-4-29-26-35(31-14-18-32(19-15-31)39-24-25-42(46)41-11-7-6-10-40(41)37(39)5-2)28-36-27-34(22-23-38(29)36)30-16-20-33(21-17-30)45-47-43-12-8-9-13-44(43)48(45)3/h4,6-23,26-28,42H,1,5,24-25H2,2-3H3. The highest BCUT2D eigenvalue weighted by Crippen LogP contribution is 2.43. The van der Waals surface area contributed by atoms with Crippen molar-refractivity contribution in [3.63, 3.8) is 0 Å². The minimum atomic E-state index is -0.932. The van der Waals surface area contributed by atoms with Crippen molar-refractivity contribution in [2.45, 2.75) is 32.4 Å². The summed E-state index contributed by atoms with van der Waals surface area (Å²) < 4.78 is 17.3. The summed E-state index contributed by atoms with van der Waals surface area (Å²) in [5, 5.41) is 2.36. The van der Waals surface area contributed by atoms with Crippen LogP contribution in [0.25, 0.3) is 72.7 Å². The number of halogens is 1. The summed E-state index contributed by atoms with van der Waals surface area (Å²) in [4.78, 5) is 4.88. The number of hydrogen-bond donors (Lipinski definition) is 0. The Kier molecular flexibility index (Phi) is 7.61. The van der Waals surface area contributed by atoms with Crippen molar-refractivity contribution < 1.29 is 4.39 Å².